The van der Waals surface area contributed by atoms with E-state index in [1.807, 2.05) is 6.07 Å². The molecule has 0 spiro atoms. The standard InChI is InChI=1S/C10H12ClN3O2S/c1-13(10(17-2)7-14(15)16)6-8-3-4-9(11)12-5-8/h3-5,7H,6H2,1-2H3/b10-7-. The van der Waals surface area contributed by atoms with E-state index in [-0.39, 0.29) is 0 Å². The van der Waals surface area contributed by atoms with Gasteiger partial charge in [-0.05, 0) is 17.9 Å². The molecule has 1 aromatic rings. The summed E-state index contributed by atoms with van der Waals surface area (Å²) in [6.45, 7) is 0.546. The first-order chi connectivity index (χ1) is 8.02. The highest BCUT2D eigenvalue weighted by molar-refractivity contribution is 8.02. The Morgan fingerprint density at radius 1 is 1.71 bits per heavy atom. The van der Waals surface area contributed by atoms with Crippen molar-refractivity contribution >= 4 is 23.4 Å². The Bertz CT molecular complexity index is 422. The monoisotopic (exact) mass is 273 g/mol. The highest BCUT2D eigenvalue weighted by atomic mass is 35.5. The van der Waals surface area contributed by atoms with Crippen LogP contribution in [-0.4, -0.2) is 28.1 Å². The van der Waals surface area contributed by atoms with Crippen LogP contribution in [0.5, 0.6) is 0 Å². The zero-order valence-electron chi connectivity index (χ0n) is 9.46. The maximum Gasteiger partial charge on any atom is 0.264 e. The average molecular weight is 274 g/mol. The third-order valence-electron chi connectivity index (χ3n) is 2.01. The summed E-state index contributed by atoms with van der Waals surface area (Å²) < 4.78 is 0. The van der Waals surface area contributed by atoms with Crippen LogP contribution in [0.1, 0.15) is 5.56 Å². The number of aromatic nitrogens is 1. The van der Waals surface area contributed by atoms with Gasteiger partial charge in [0.05, 0.1) is 4.92 Å². The summed E-state index contributed by atoms with van der Waals surface area (Å²) in [5.74, 6) is 0. The molecule has 0 fully saturated rings. The van der Waals surface area contributed by atoms with Crippen LogP contribution in [0.25, 0.3) is 0 Å². The minimum absolute atomic E-state index is 0.433. The van der Waals surface area contributed by atoms with Crippen molar-refractivity contribution in [2.75, 3.05) is 13.3 Å². The van der Waals surface area contributed by atoms with Crippen LogP contribution in [0.3, 0.4) is 0 Å². The lowest BCUT2D eigenvalue weighted by atomic mass is 10.3. The van der Waals surface area contributed by atoms with Gasteiger partial charge in [-0.15, -0.1) is 11.8 Å². The lowest BCUT2D eigenvalue weighted by Crippen LogP contribution is -2.16. The molecule has 1 heterocycles. The van der Waals surface area contributed by atoms with E-state index in [2.05, 4.69) is 4.98 Å². The van der Waals surface area contributed by atoms with E-state index in [1.165, 1.54) is 11.8 Å². The van der Waals surface area contributed by atoms with E-state index < -0.39 is 4.92 Å². The minimum atomic E-state index is -0.456. The molecule has 0 bridgehead atoms. The van der Waals surface area contributed by atoms with Gasteiger partial charge in [-0.25, -0.2) is 4.98 Å². The van der Waals surface area contributed by atoms with Gasteiger partial charge in [0.2, 0.25) is 0 Å². The topological polar surface area (TPSA) is 59.3 Å². The maximum atomic E-state index is 10.4. The SMILES string of the molecule is CS/C(=C\[N+](=O)[O-])N(C)Cc1ccc(Cl)nc1. The molecule has 0 unspecified atom stereocenters. The van der Waals surface area contributed by atoms with Gasteiger partial charge >= 0.3 is 0 Å². The quantitative estimate of drug-likeness (QED) is 0.469. The van der Waals surface area contributed by atoms with E-state index in [4.69, 9.17) is 11.6 Å². The molecule has 0 amide bonds. The Morgan fingerprint density at radius 3 is 2.88 bits per heavy atom. The lowest BCUT2D eigenvalue weighted by molar-refractivity contribution is -0.403. The molecule has 1 aromatic heterocycles. The average Bonchev–Trinajstić information content (AvgIpc) is 2.28. The van der Waals surface area contributed by atoms with Crippen LogP contribution in [0.4, 0.5) is 0 Å². The normalized spacial score (nSPS) is 11.4. The molecule has 0 N–H and O–H groups in total. The number of pyridine rings is 1. The van der Waals surface area contributed by atoms with Crippen LogP contribution < -0.4 is 0 Å². The van der Waals surface area contributed by atoms with Crippen LogP contribution in [-0.2, 0) is 6.54 Å². The first kappa shape index (κ1) is 13.8. The Balaban J connectivity index is 2.73. The van der Waals surface area contributed by atoms with Gasteiger partial charge in [0, 0.05) is 19.8 Å². The summed E-state index contributed by atoms with van der Waals surface area (Å²) in [6.07, 6.45) is 4.45. The van der Waals surface area contributed by atoms with Crippen LogP contribution in [0.2, 0.25) is 5.15 Å². The van der Waals surface area contributed by atoms with Crippen molar-refractivity contribution < 1.29 is 4.92 Å². The second kappa shape index (κ2) is 6.46. The molecule has 0 saturated heterocycles. The molecule has 0 atom stereocenters. The van der Waals surface area contributed by atoms with Gasteiger partial charge in [0.25, 0.3) is 6.20 Å². The Hall–Kier alpha value is -1.27. The number of rotatable bonds is 5. The molecule has 5 nitrogen and oxygen atoms in total. The molecule has 92 valence electrons. The van der Waals surface area contributed by atoms with Crippen molar-refractivity contribution in [3.8, 4) is 0 Å². The highest BCUT2D eigenvalue weighted by Crippen LogP contribution is 2.18. The summed E-state index contributed by atoms with van der Waals surface area (Å²) in [6, 6.07) is 3.54. The number of hydrogen-bond acceptors (Lipinski definition) is 5. The summed E-state index contributed by atoms with van der Waals surface area (Å²) >= 11 is 7.01. The van der Waals surface area contributed by atoms with Gasteiger partial charge < -0.3 is 4.90 Å². The first-order valence-electron chi connectivity index (χ1n) is 4.74. The van der Waals surface area contributed by atoms with E-state index in [0.717, 1.165) is 11.8 Å². The number of halogens is 1. The maximum absolute atomic E-state index is 10.4. The summed E-state index contributed by atoms with van der Waals surface area (Å²) in [5, 5.41) is 11.5. The van der Waals surface area contributed by atoms with Gasteiger partial charge in [-0.2, -0.15) is 0 Å². The second-order valence-electron chi connectivity index (χ2n) is 3.30. The molecule has 0 aliphatic carbocycles. The lowest BCUT2D eigenvalue weighted by Gasteiger charge is -2.18. The third-order valence-corrected chi connectivity index (χ3v) is 3.07. The molecule has 7 heteroatoms. The molecule has 17 heavy (non-hydrogen) atoms. The zero-order chi connectivity index (χ0) is 12.8. The molecule has 0 aliphatic heterocycles. The molecular formula is C10H12ClN3O2S. The minimum Gasteiger partial charge on any atom is -0.360 e. The second-order valence-corrected chi connectivity index (χ2v) is 4.52. The molecule has 0 aliphatic rings. The van der Waals surface area contributed by atoms with E-state index in [1.54, 1.807) is 30.5 Å². The predicted molar refractivity (Wildman–Crippen MR) is 69.3 cm³/mol. The molecule has 0 radical (unpaired) electrons. The van der Waals surface area contributed by atoms with Crippen LogP contribution in [0, 0.1) is 10.1 Å². The van der Waals surface area contributed by atoms with E-state index in [0.29, 0.717) is 16.7 Å². The summed E-state index contributed by atoms with van der Waals surface area (Å²) in [7, 11) is 1.79. The fourth-order valence-electron chi connectivity index (χ4n) is 1.25. The zero-order valence-corrected chi connectivity index (χ0v) is 11.0. The highest BCUT2D eigenvalue weighted by Gasteiger charge is 2.08. The summed E-state index contributed by atoms with van der Waals surface area (Å²) in [4.78, 5) is 15.7. The number of nitrogens with zero attached hydrogens (tertiary/aromatic N) is 3. The largest absolute Gasteiger partial charge is 0.360 e. The Morgan fingerprint density at radius 2 is 2.41 bits per heavy atom. The van der Waals surface area contributed by atoms with Gasteiger partial charge in [-0.3, -0.25) is 10.1 Å². The van der Waals surface area contributed by atoms with Crippen molar-refractivity contribution in [3.05, 3.63) is 50.4 Å². The Kier molecular flexibility index (Phi) is 5.24. The summed E-state index contributed by atoms with van der Waals surface area (Å²) in [5.41, 5.74) is 0.945. The first-order valence-corrected chi connectivity index (χ1v) is 6.34. The van der Waals surface area contributed by atoms with Crippen molar-refractivity contribution in [2.24, 2.45) is 0 Å². The molecule has 0 saturated carbocycles. The van der Waals surface area contributed by atoms with Gasteiger partial charge in [0.15, 0.2) is 0 Å². The number of thioether (sulfide) groups is 1. The Labute approximate surface area is 109 Å². The van der Waals surface area contributed by atoms with Gasteiger partial charge in [-0.1, -0.05) is 17.7 Å². The fourth-order valence-corrected chi connectivity index (χ4v) is 1.93. The van der Waals surface area contributed by atoms with Crippen molar-refractivity contribution in [2.45, 2.75) is 6.54 Å². The van der Waals surface area contributed by atoms with Crippen molar-refractivity contribution in [1.29, 1.82) is 0 Å². The number of nitro groups is 1. The third kappa shape index (κ3) is 4.62. The predicted octanol–water partition coefficient (Wildman–Crippen LogP) is 2.61. The van der Waals surface area contributed by atoms with Crippen molar-refractivity contribution in [1.82, 2.24) is 9.88 Å². The molecule has 1 rings (SSSR count). The number of hydrogen-bond donors (Lipinski definition) is 0. The van der Waals surface area contributed by atoms with E-state index in [9.17, 15) is 10.1 Å². The van der Waals surface area contributed by atoms with Crippen LogP contribution >= 0.6 is 23.4 Å². The van der Waals surface area contributed by atoms with Gasteiger partial charge in [0.1, 0.15) is 10.2 Å². The molecule has 0 aromatic carbocycles. The van der Waals surface area contributed by atoms with Crippen molar-refractivity contribution in [3.63, 3.8) is 0 Å². The van der Waals surface area contributed by atoms with E-state index >= 15 is 0 Å². The fraction of sp³-hybridized carbons (Fsp3) is 0.300. The smallest absolute Gasteiger partial charge is 0.264 e. The van der Waals surface area contributed by atoms with Crippen LogP contribution in [0.15, 0.2) is 29.6 Å². The molecular weight excluding hydrogens is 262 g/mol.